The molecule has 0 unspecified atom stereocenters. The van der Waals surface area contributed by atoms with Crippen molar-refractivity contribution in [1.29, 1.82) is 5.26 Å². The third-order valence-corrected chi connectivity index (χ3v) is 8.37. The average Bonchev–Trinajstić information content (AvgIpc) is 3.58. The number of benzene rings is 4. The molecule has 0 amide bonds. The monoisotopic (exact) mass is 544 g/mol. The van der Waals surface area contributed by atoms with Gasteiger partial charge in [-0.15, -0.1) is 0 Å². The Balaban J connectivity index is 1.16. The minimum absolute atomic E-state index is 0.0358. The van der Waals surface area contributed by atoms with Gasteiger partial charge in [0.2, 0.25) is 11.8 Å². The summed E-state index contributed by atoms with van der Waals surface area (Å²) in [5.41, 5.74) is 0.878. The number of aromatic hydroxyl groups is 2. The summed E-state index contributed by atoms with van der Waals surface area (Å²) in [4.78, 5) is 0. The van der Waals surface area contributed by atoms with E-state index in [4.69, 9.17) is 14.2 Å². The molecular formula is C34H28N2O5. The summed E-state index contributed by atoms with van der Waals surface area (Å²) in [6, 6.07) is 30.3. The normalized spacial score (nSPS) is 20.6. The van der Waals surface area contributed by atoms with Crippen molar-refractivity contribution in [3.8, 4) is 40.8 Å². The number of aromatic nitrogens is 1. The van der Waals surface area contributed by atoms with Gasteiger partial charge >= 0.3 is 0 Å². The predicted octanol–water partition coefficient (Wildman–Crippen LogP) is 7.41. The molecule has 7 nitrogen and oxygen atoms in total. The molecule has 4 aromatic carbocycles. The van der Waals surface area contributed by atoms with Crippen LogP contribution in [0.1, 0.15) is 42.9 Å². The van der Waals surface area contributed by atoms with Crippen molar-refractivity contribution in [1.82, 2.24) is 4.57 Å². The van der Waals surface area contributed by atoms with E-state index in [0.717, 1.165) is 28.7 Å². The second-order valence-corrected chi connectivity index (χ2v) is 10.8. The molecule has 41 heavy (non-hydrogen) atoms. The molecule has 0 radical (unpaired) electrons. The average molecular weight is 545 g/mol. The van der Waals surface area contributed by atoms with E-state index in [2.05, 4.69) is 6.07 Å². The summed E-state index contributed by atoms with van der Waals surface area (Å²) in [6.07, 6.45) is 1.93. The van der Waals surface area contributed by atoms with E-state index < -0.39 is 11.2 Å². The first-order chi connectivity index (χ1) is 19.9. The fourth-order valence-electron chi connectivity index (χ4n) is 6.47. The number of fused-ring (bicyclic) bond motifs is 6. The Kier molecular flexibility index (Phi) is 5.70. The summed E-state index contributed by atoms with van der Waals surface area (Å²) in [5, 5.41) is 34.3. The van der Waals surface area contributed by atoms with E-state index in [1.165, 1.54) is 4.57 Å². The summed E-state index contributed by atoms with van der Waals surface area (Å²) in [5.74, 6) is 2.11. The lowest BCUT2D eigenvalue weighted by Gasteiger charge is -2.26. The first-order valence-electron chi connectivity index (χ1n) is 13.7. The van der Waals surface area contributed by atoms with Crippen LogP contribution in [0.5, 0.6) is 29.0 Å². The maximum absolute atomic E-state index is 11.6. The number of nitriles is 1. The molecule has 3 heterocycles. The Morgan fingerprint density at radius 3 is 2.22 bits per heavy atom. The Hall–Kier alpha value is -4.93. The Morgan fingerprint density at radius 2 is 1.46 bits per heavy atom. The zero-order valence-corrected chi connectivity index (χ0v) is 22.5. The molecule has 7 heteroatoms. The smallest absolute Gasteiger partial charge is 0.205 e. The van der Waals surface area contributed by atoms with Crippen LogP contribution in [-0.4, -0.2) is 21.4 Å². The molecule has 0 spiro atoms. The summed E-state index contributed by atoms with van der Waals surface area (Å²) < 4.78 is 20.0. The van der Waals surface area contributed by atoms with Gasteiger partial charge in [-0.1, -0.05) is 42.5 Å². The van der Waals surface area contributed by atoms with Gasteiger partial charge in [-0.3, -0.25) is 4.57 Å². The van der Waals surface area contributed by atoms with Crippen LogP contribution in [-0.2, 0) is 15.9 Å². The molecule has 5 aromatic rings. The van der Waals surface area contributed by atoms with E-state index in [1.54, 1.807) is 12.1 Å². The first-order valence-corrected chi connectivity index (χ1v) is 13.7. The summed E-state index contributed by atoms with van der Waals surface area (Å²) in [6.45, 7) is 2.33. The number of nitrogens with zero attached hydrogens (tertiary/aromatic N) is 2. The highest BCUT2D eigenvalue weighted by molar-refractivity contribution is 5.95. The van der Waals surface area contributed by atoms with Crippen molar-refractivity contribution in [2.24, 2.45) is 0 Å². The second-order valence-electron chi connectivity index (χ2n) is 10.8. The van der Waals surface area contributed by atoms with Gasteiger partial charge in [-0.25, -0.2) is 0 Å². The third kappa shape index (κ3) is 3.91. The van der Waals surface area contributed by atoms with Crippen molar-refractivity contribution in [3.05, 3.63) is 108 Å². The molecule has 1 aromatic heterocycles. The van der Waals surface area contributed by atoms with E-state index in [0.29, 0.717) is 47.6 Å². The molecule has 1 fully saturated rings. The van der Waals surface area contributed by atoms with Gasteiger partial charge in [0.25, 0.3) is 0 Å². The summed E-state index contributed by atoms with van der Waals surface area (Å²) >= 11 is 0. The highest BCUT2D eigenvalue weighted by Crippen LogP contribution is 2.65. The number of rotatable bonds is 7. The molecule has 0 saturated carbocycles. The Morgan fingerprint density at radius 1 is 0.805 bits per heavy atom. The lowest BCUT2D eigenvalue weighted by atomic mass is 9.78. The number of para-hydroxylation sites is 1. The number of hydrogen-bond acceptors (Lipinski definition) is 6. The Labute approximate surface area is 237 Å². The SMILES string of the molecule is C[C@]12CC[C@](CCOc3ccc(Oc4ccccc4)cc3)(O1)c1c2c(O)n(-c2ccc(C#N)c3ccccc23)c1O. The zero-order valence-electron chi connectivity index (χ0n) is 22.5. The van der Waals surface area contributed by atoms with Crippen LogP contribution in [0.15, 0.2) is 91.0 Å². The van der Waals surface area contributed by atoms with Gasteiger partial charge in [0, 0.05) is 17.2 Å². The fourth-order valence-corrected chi connectivity index (χ4v) is 6.47. The minimum atomic E-state index is -0.782. The standard InChI is InChI=1S/C34H28N2O5/c1-33-17-18-34(41-33,19-20-39-23-12-14-25(15-13-23)40-24-7-3-2-4-8-24)30-29(33)31(37)36(32(30)38)28-16-11-22(21-35)26-9-5-6-10-27(26)28/h2-16,37-38H,17-20H2,1H3/t33-,34-/m1/s1. The maximum Gasteiger partial charge on any atom is 0.205 e. The van der Waals surface area contributed by atoms with E-state index in [-0.39, 0.29) is 11.8 Å². The van der Waals surface area contributed by atoms with Gasteiger partial charge in [0.05, 0.1) is 40.7 Å². The van der Waals surface area contributed by atoms with E-state index >= 15 is 0 Å². The van der Waals surface area contributed by atoms with Crippen LogP contribution in [0.3, 0.4) is 0 Å². The molecule has 2 bridgehead atoms. The van der Waals surface area contributed by atoms with Crippen molar-refractivity contribution >= 4 is 10.8 Å². The fraction of sp³-hybridized carbons (Fsp3) is 0.206. The topological polar surface area (TPSA) is 96.9 Å². The largest absolute Gasteiger partial charge is 0.494 e. The molecule has 204 valence electrons. The van der Waals surface area contributed by atoms with Crippen molar-refractivity contribution in [2.75, 3.05) is 6.61 Å². The van der Waals surface area contributed by atoms with Crippen LogP contribution < -0.4 is 9.47 Å². The van der Waals surface area contributed by atoms with Crippen LogP contribution in [0.4, 0.5) is 0 Å². The summed E-state index contributed by atoms with van der Waals surface area (Å²) in [7, 11) is 0. The minimum Gasteiger partial charge on any atom is -0.494 e. The van der Waals surface area contributed by atoms with E-state index in [1.807, 2.05) is 85.8 Å². The lowest BCUT2D eigenvalue weighted by molar-refractivity contribution is -0.0876. The maximum atomic E-state index is 11.6. The molecular weight excluding hydrogens is 516 g/mol. The van der Waals surface area contributed by atoms with Gasteiger partial charge in [0.15, 0.2) is 0 Å². The van der Waals surface area contributed by atoms with Crippen LogP contribution in [0.2, 0.25) is 0 Å². The van der Waals surface area contributed by atoms with Gasteiger partial charge in [-0.2, -0.15) is 5.26 Å². The highest BCUT2D eigenvalue weighted by atomic mass is 16.5. The van der Waals surface area contributed by atoms with Crippen LogP contribution in [0, 0.1) is 11.3 Å². The Bertz CT molecular complexity index is 1820. The quantitative estimate of drug-likeness (QED) is 0.221. The van der Waals surface area contributed by atoms with Crippen molar-refractivity contribution in [2.45, 2.75) is 37.4 Å². The second kappa shape index (κ2) is 9.33. The molecule has 2 atom stereocenters. The van der Waals surface area contributed by atoms with Crippen molar-refractivity contribution in [3.63, 3.8) is 0 Å². The van der Waals surface area contributed by atoms with Crippen LogP contribution in [0.25, 0.3) is 16.5 Å². The molecule has 7 rings (SSSR count). The van der Waals surface area contributed by atoms with E-state index in [9.17, 15) is 15.5 Å². The van der Waals surface area contributed by atoms with Crippen molar-refractivity contribution < 1.29 is 24.4 Å². The third-order valence-electron chi connectivity index (χ3n) is 8.37. The number of ether oxygens (including phenoxy) is 3. The zero-order chi connectivity index (χ0) is 28.2. The lowest BCUT2D eigenvalue weighted by Crippen LogP contribution is -2.25. The molecule has 2 N–H and O–H groups in total. The predicted molar refractivity (Wildman–Crippen MR) is 154 cm³/mol. The molecule has 0 aliphatic carbocycles. The van der Waals surface area contributed by atoms with Crippen LogP contribution >= 0.6 is 0 Å². The molecule has 2 aliphatic rings. The van der Waals surface area contributed by atoms with Gasteiger partial charge in [-0.05, 0) is 68.3 Å². The first kappa shape index (κ1) is 25.1. The molecule has 1 saturated heterocycles. The molecule has 2 aliphatic heterocycles. The highest BCUT2D eigenvalue weighted by Gasteiger charge is 2.61. The van der Waals surface area contributed by atoms with Gasteiger partial charge in [0.1, 0.15) is 22.8 Å². The van der Waals surface area contributed by atoms with Gasteiger partial charge < -0.3 is 24.4 Å². The number of hydrogen-bond donors (Lipinski definition) is 2.